The lowest BCUT2D eigenvalue weighted by Crippen LogP contribution is -2.42. The van der Waals surface area contributed by atoms with E-state index >= 15 is 0 Å². The molecule has 1 heteroatoms. The fraction of sp³-hybridized carbons (Fsp3) is 0.882. The summed E-state index contributed by atoms with van der Waals surface area (Å²) in [6, 6.07) is 0.539. The summed E-state index contributed by atoms with van der Waals surface area (Å²) >= 11 is 0. The number of allylic oxidation sites excluding steroid dienone is 1. The zero-order valence-corrected chi connectivity index (χ0v) is 13.9. The largest absolute Gasteiger partial charge is 0.386 e. The Morgan fingerprint density at radius 3 is 1.94 bits per heavy atom. The Morgan fingerprint density at radius 1 is 1.11 bits per heavy atom. The molecule has 0 amide bonds. The van der Waals surface area contributed by atoms with Crippen LogP contribution in [0.15, 0.2) is 12.3 Å². The molecule has 1 nitrogen and oxygen atoms in total. The van der Waals surface area contributed by atoms with Gasteiger partial charge < -0.3 is 5.32 Å². The van der Waals surface area contributed by atoms with Crippen molar-refractivity contribution in [2.24, 2.45) is 23.2 Å². The molecule has 18 heavy (non-hydrogen) atoms. The van der Waals surface area contributed by atoms with Gasteiger partial charge in [-0.25, -0.2) is 0 Å². The summed E-state index contributed by atoms with van der Waals surface area (Å²) in [6.45, 7) is 22.7. The van der Waals surface area contributed by atoms with Crippen molar-refractivity contribution in [1.82, 2.24) is 5.32 Å². The molecule has 0 heterocycles. The van der Waals surface area contributed by atoms with E-state index in [1.807, 2.05) is 0 Å². The summed E-state index contributed by atoms with van der Waals surface area (Å²) in [6.07, 6.45) is 2.27. The van der Waals surface area contributed by atoms with Crippen molar-refractivity contribution < 1.29 is 0 Å². The molecule has 0 aliphatic heterocycles. The lowest BCUT2D eigenvalue weighted by atomic mass is 9.76. The molecule has 0 aromatic carbocycles. The first-order valence-electron chi connectivity index (χ1n) is 7.52. The zero-order chi connectivity index (χ0) is 14.5. The van der Waals surface area contributed by atoms with Crippen LogP contribution in [0.2, 0.25) is 0 Å². The monoisotopic (exact) mass is 253 g/mol. The Balaban J connectivity index is 4.79. The van der Waals surface area contributed by atoms with Crippen molar-refractivity contribution in [3.05, 3.63) is 12.3 Å². The fourth-order valence-corrected chi connectivity index (χ4v) is 2.64. The molecule has 3 atom stereocenters. The molecule has 0 aliphatic carbocycles. The fourth-order valence-electron chi connectivity index (χ4n) is 2.64. The second-order valence-corrected chi connectivity index (χ2v) is 7.47. The van der Waals surface area contributed by atoms with Gasteiger partial charge in [0.05, 0.1) is 0 Å². The second-order valence-electron chi connectivity index (χ2n) is 7.47. The van der Waals surface area contributed by atoms with Crippen LogP contribution in [0.5, 0.6) is 0 Å². The molecule has 0 saturated heterocycles. The lowest BCUT2D eigenvalue weighted by molar-refractivity contribution is 0.193. The number of rotatable bonds is 7. The van der Waals surface area contributed by atoms with Crippen molar-refractivity contribution in [3.8, 4) is 0 Å². The van der Waals surface area contributed by atoms with E-state index in [4.69, 9.17) is 0 Å². The Labute approximate surface area is 115 Å². The van der Waals surface area contributed by atoms with Crippen molar-refractivity contribution in [2.45, 2.75) is 74.3 Å². The van der Waals surface area contributed by atoms with Crippen molar-refractivity contribution in [1.29, 1.82) is 0 Å². The molecule has 0 aromatic heterocycles. The Hall–Kier alpha value is -0.460. The minimum absolute atomic E-state index is 0.392. The smallest absolute Gasteiger partial charge is 0.0311 e. The standard InChI is InChI=1S/C17H35N/c1-10-14(5)18-16(15(6)12(2)3)13(4)11-17(7,8)9/h12-13,15-16,18H,5,10-11H2,1-4,6-9H3. The third kappa shape index (κ3) is 6.47. The molecule has 0 fully saturated rings. The van der Waals surface area contributed by atoms with Gasteiger partial charge in [0.1, 0.15) is 0 Å². The van der Waals surface area contributed by atoms with Gasteiger partial charge in [0, 0.05) is 11.7 Å². The molecule has 0 bridgehead atoms. The molecule has 0 aliphatic rings. The predicted molar refractivity (Wildman–Crippen MR) is 83.6 cm³/mol. The van der Waals surface area contributed by atoms with E-state index in [2.05, 4.69) is 67.3 Å². The number of nitrogens with one attached hydrogen (secondary N) is 1. The first-order valence-corrected chi connectivity index (χ1v) is 7.52. The maximum absolute atomic E-state index is 4.12. The van der Waals surface area contributed by atoms with E-state index in [1.165, 1.54) is 12.1 Å². The molecule has 1 N–H and O–H groups in total. The SMILES string of the molecule is C=C(CC)NC(C(C)CC(C)(C)C)C(C)C(C)C. The lowest BCUT2D eigenvalue weighted by Gasteiger charge is -2.37. The van der Waals surface area contributed by atoms with Gasteiger partial charge in [-0.15, -0.1) is 0 Å². The third-order valence-corrected chi connectivity index (χ3v) is 3.96. The first kappa shape index (κ1) is 17.5. The Bertz CT molecular complexity index is 247. The van der Waals surface area contributed by atoms with Crippen molar-refractivity contribution >= 4 is 0 Å². The van der Waals surface area contributed by atoms with Gasteiger partial charge in [-0.05, 0) is 36.0 Å². The third-order valence-electron chi connectivity index (χ3n) is 3.96. The summed E-state index contributed by atoms with van der Waals surface area (Å²) in [7, 11) is 0. The van der Waals surface area contributed by atoms with Gasteiger partial charge in [-0.3, -0.25) is 0 Å². The van der Waals surface area contributed by atoms with Gasteiger partial charge in [0.15, 0.2) is 0 Å². The second kappa shape index (κ2) is 7.21. The molecule has 0 saturated carbocycles. The maximum Gasteiger partial charge on any atom is 0.0311 e. The number of hydrogen-bond donors (Lipinski definition) is 1. The van der Waals surface area contributed by atoms with Crippen LogP contribution in [-0.4, -0.2) is 6.04 Å². The normalized spacial score (nSPS) is 17.4. The molecular weight excluding hydrogens is 218 g/mol. The van der Waals surface area contributed by atoms with Crippen LogP contribution in [0.4, 0.5) is 0 Å². The topological polar surface area (TPSA) is 12.0 Å². The molecule has 108 valence electrons. The Morgan fingerprint density at radius 2 is 1.61 bits per heavy atom. The van der Waals surface area contributed by atoms with Crippen molar-refractivity contribution in [3.63, 3.8) is 0 Å². The summed E-state index contributed by atoms with van der Waals surface area (Å²) in [5.41, 5.74) is 1.57. The van der Waals surface area contributed by atoms with E-state index in [1.54, 1.807) is 0 Å². The van der Waals surface area contributed by atoms with Gasteiger partial charge in [-0.2, -0.15) is 0 Å². The van der Waals surface area contributed by atoms with Gasteiger partial charge >= 0.3 is 0 Å². The molecular formula is C17H35N. The molecule has 0 spiro atoms. The summed E-state index contributed by atoms with van der Waals surface area (Å²) < 4.78 is 0. The van der Waals surface area contributed by atoms with Gasteiger partial charge in [0.25, 0.3) is 0 Å². The van der Waals surface area contributed by atoms with Crippen LogP contribution in [-0.2, 0) is 0 Å². The van der Waals surface area contributed by atoms with Crippen molar-refractivity contribution in [2.75, 3.05) is 0 Å². The van der Waals surface area contributed by atoms with E-state index in [0.29, 0.717) is 29.2 Å². The molecule has 0 rings (SSSR count). The highest BCUT2D eigenvalue weighted by Crippen LogP contribution is 2.31. The van der Waals surface area contributed by atoms with Crippen LogP contribution in [0.1, 0.15) is 68.2 Å². The van der Waals surface area contributed by atoms with E-state index < -0.39 is 0 Å². The van der Waals surface area contributed by atoms with Gasteiger partial charge in [0.2, 0.25) is 0 Å². The highest BCUT2D eigenvalue weighted by atomic mass is 14.9. The van der Waals surface area contributed by atoms with Crippen LogP contribution in [0.25, 0.3) is 0 Å². The molecule has 0 aromatic rings. The van der Waals surface area contributed by atoms with Crippen LogP contribution >= 0.6 is 0 Å². The summed E-state index contributed by atoms with van der Waals surface area (Å²) in [5, 5.41) is 3.68. The maximum atomic E-state index is 4.12. The quantitative estimate of drug-likeness (QED) is 0.655. The van der Waals surface area contributed by atoms with Gasteiger partial charge in [-0.1, -0.05) is 62.0 Å². The summed E-state index contributed by atoms with van der Waals surface area (Å²) in [4.78, 5) is 0. The zero-order valence-electron chi connectivity index (χ0n) is 13.9. The predicted octanol–water partition coefficient (Wildman–Crippen LogP) is 5.23. The average molecular weight is 253 g/mol. The highest BCUT2D eigenvalue weighted by molar-refractivity contribution is 4.96. The van der Waals surface area contributed by atoms with E-state index in [9.17, 15) is 0 Å². The van der Waals surface area contributed by atoms with Crippen LogP contribution in [0.3, 0.4) is 0 Å². The van der Waals surface area contributed by atoms with Crippen LogP contribution < -0.4 is 5.32 Å². The molecule has 3 unspecified atom stereocenters. The Kier molecular flexibility index (Phi) is 7.02. The minimum Gasteiger partial charge on any atom is -0.386 e. The van der Waals surface area contributed by atoms with E-state index in [0.717, 1.165) is 6.42 Å². The highest BCUT2D eigenvalue weighted by Gasteiger charge is 2.28. The summed E-state index contributed by atoms with van der Waals surface area (Å²) in [5.74, 6) is 2.05. The van der Waals surface area contributed by atoms with Crippen LogP contribution in [0, 0.1) is 23.2 Å². The first-order chi connectivity index (χ1) is 8.08. The number of hydrogen-bond acceptors (Lipinski definition) is 1. The van der Waals surface area contributed by atoms with E-state index in [-0.39, 0.29) is 0 Å². The minimum atomic E-state index is 0.392. The molecule has 0 radical (unpaired) electrons. The average Bonchev–Trinajstić information content (AvgIpc) is 2.21.